The molecule has 0 aromatic heterocycles. The number of carboxylic acid groups (broad SMARTS) is 1. The Kier molecular flexibility index (Phi) is 7.54. The van der Waals surface area contributed by atoms with Gasteiger partial charge < -0.3 is 20.1 Å². The van der Waals surface area contributed by atoms with Gasteiger partial charge in [0.15, 0.2) is 0 Å². The van der Waals surface area contributed by atoms with Crippen LogP contribution in [0.3, 0.4) is 0 Å². The first-order valence-corrected chi connectivity index (χ1v) is 12.1. The Balaban J connectivity index is 1.35. The minimum absolute atomic E-state index is 0.0233. The summed E-state index contributed by atoms with van der Waals surface area (Å²) in [4.78, 5) is 38.5. The van der Waals surface area contributed by atoms with Gasteiger partial charge in [0.1, 0.15) is 6.61 Å². The molecule has 7 heteroatoms. The van der Waals surface area contributed by atoms with Crippen LogP contribution >= 0.6 is 0 Å². The molecule has 1 unspecified atom stereocenters. The number of rotatable bonds is 8. The lowest BCUT2D eigenvalue weighted by molar-refractivity contribution is -0.137. The Labute approximate surface area is 205 Å². The second-order valence-electron chi connectivity index (χ2n) is 9.60. The molecule has 0 bridgehead atoms. The quantitative estimate of drug-likeness (QED) is 0.588. The van der Waals surface area contributed by atoms with Gasteiger partial charge in [0.2, 0.25) is 5.91 Å². The molecule has 0 saturated heterocycles. The predicted octanol–water partition coefficient (Wildman–Crippen LogP) is 4.43. The van der Waals surface area contributed by atoms with Crippen molar-refractivity contribution >= 4 is 18.0 Å². The molecule has 2 aromatic carbocycles. The normalized spacial score (nSPS) is 15.7. The van der Waals surface area contributed by atoms with Crippen LogP contribution in [0.25, 0.3) is 11.1 Å². The number of aliphatic carboxylic acids is 1. The molecular weight excluding hydrogens is 444 g/mol. The van der Waals surface area contributed by atoms with Crippen LogP contribution in [0, 0.1) is 11.8 Å². The molecule has 0 fully saturated rings. The smallest absolute Gasteiger partial charge is 0.407 e. The molecule has 1 atom stereocenters. The zero-order valence-corrected chi connectivity index (χ0v) is 20.2. The first kappa shape index (κ1) is 24.5. The number of hydrogen-bond acceptors (Lipinski definition) is 4. The molecule has 0 spiro atoms. The van der Waals surface area contributed by atoms with Gasteiger partial charge in [-0.1, -0.05) is 68.5 Å². The number of fused-ring (bicyclic) bond motifs is 3. The van der Waals surface area contributed by atoms with E-state index in [-0.39, 0.29) is 37.4 Å². The van der Waals surface area contributed by atoms with E-state index in [1.54, 1.807) is 11.0 Å². The number of nitrogens with zero attached hydrogens (tertiary/aromatic N) is 1. The van der Waals surface area contributed by atoms with Gasteiger partial charge in [-0.15, -0.1) is 0 Å². The number of ether oxygens (including phenoxy) is 1. The van der Waals surface area contributed by atoms with Crippen LogP contribution in [0.4, 0.5) is 4.79 Å². The van der Waals surface area contributed by atoms with Crippen LogP contribution in [-0.2, 0) is 14.3 Å². The monoisotopic (exact) mass is 476 g/mol. The summed E-state index contributed by atoms with van der Waals surface area (Å²) >= 11 is 0. The Hall–Kier alpha value is -3.61. The van der Waals surface area contributed by atoms with Gasteiger partial charge in [-0.25, -0.2) is 9.59 Å². The number of amides is 2. The van der Waals surface area contributed by atoms with E-state index in [9.17, 15) is 14.4 Å². The number of hydrogen-bond donors (Lipinski definition) is 2. The Morgan fingerprint density at radius 3 is 2.23 bits per heavy atom. The number of alkyl carbamates (subject to hydrolysis) is 1. The number of carboxylic acids is 1. The molecule has 2 amide bonds. The Bertz CT molecular complexity index is 1090. The summed E-state index contributed by atoms with van der Waals surface area (Å²) in [6.07, 6.45) is 2.00. The minimum Gasteiger partial charge on any atom is -0.478 e. The zero-order chi connectivity index (χ0) is 24.9. The summed E-state index contributed by atoms with van der Waals surface area (Å²) in [5, 5.41) is 11.9. The molecule has 2 aromatic rings. The van der Waals surface area contributed by atoms with E-state index in [0.29, 0.717) is 25.0 Å². The van der Waals surface area contributed by atoms with Crippen LogP contribution < -0.4 is 5.32 Å². The van der Waals surface area contributed by atoms with Crippen molar-refractivity contribution in [1.29, 1.82) is 0 Å². The molecule has 7 nitrogen and oxygen atoms in total. The highest BCUT2D eigenvalue weighted by Crippen LogP contribution is 2.44. The van der Waals surface area contributed by atoms with Crippen LogP contribution in [0.15, 0.2) is 60.2 Å². The highest BCUT2D eigenvalue weighted by atomic mass is 16.5. The maximum Gasteiger partial charge on any atom is 0.407 e. The van der Waals surface area contributed by atoms with E-state index < -0.39 is 18.0 Å². The standard InChI is InChI=1S/C28H32N2O5/c1-18(2)15-20(26(31)30-13-11-19(12-14-30)27(32)33)16-29-28(34)35-17-25-23-9-5-3-7-21(23)22-8-4-6-10-24(22)25/h3-11,18,20,25H,12-17H2,1-2H3,(H,29,34)(H,32,33). The molecule has 2 aliphatic rings. The number of nitrogens with one attached hydrogen (secondary N) is 1. The van der Waals surface area contributed by atoms with Crippen LogP contribution in [-0.4, -0.2) is 54.2 Å². The zero-order valence-electron chi connectivity index (χ0n) is 20.2. The lowest BCUT2D eigenvalue weighted by atomic mass is 9.94. The van der Waals surface area contributed by atoms with Crippen LogP contribution in [0.5, 0.6) is 0 Å². The predicted molar refractivity (Wildman–Crippen MR) is 133 cm³/mol. The number of carbonyl (C=O) groups is 3. The summed E-state index contributed by atoms with van der Waals surface area (Å²) in [6.45, 7) is 5.12. The SMILES string of the molecule is CC(C)CC(CNC(=O)OCC1c2ccccc2-c2ccccc21)C(=O)N1CC=C(C(=O)O)CC1. The third kappa shape index (κ3) is 5.56. The highest BCUT2D eigenvalue weighted by Gasteiger charge is 2.30. The number of benzene rings is 2. The van der Waals surface area contributed by atoms with Gasteiger partial charge in [-0.3, -0.25) is 4.79 Å². The fraction of sp³-hybridized carbons (Fsp3) is 0.393. The van der Waals surface area contributed by atoms with E-state index in [1.807, 2.05) is 38.1 Å². The van der Waals surface area contributed by atoms with Crippen molar-refractivity contribution in [3.63, 3.8) is 0 Å². The minimum atomic E-state index is -0.937. The van der Waals surface area contributed by atoms with Crippen molar-refractivity contribution in [3.05, 3.63) is 71.3 Å². The van der Waals surface area contributed by atoms with Gasteiger partial charge in [-0.2, -0.15) is 0 Å². The lowest BCUT2D eigenvalue weighted by Gasteiger charge is -2.30. The fourth-order valence-corrected chi connectivity index (χ4v) is 5.02. The second-order valence-corrected chi connectivity index (χ2v) is 9.60. The van der Waals surface area contributed by atoms with Crippen molar-refractivity contribution < 1.29 is 24.2 Å². The molecular formula is C28H32N2O5. The lowest BCUT2D eigenvalue weighted by Crippen LogP contribution is -2.44. The third-order valence-electron chi connectivity index (χ3n) is 6.74. The van der Waals surface area contributed by atoms with E-state index in [1.165, 1.54) is 11.1 Å². The molecule has 1 heterocycles. The first-order valence-electron chi connectivity index (χ1n) is 12.1. The molecule has 1 aliphatic heterocycles. The van der Waals surface area contributed by atoms with Gasteiger partial charge in [0.25, 0.3) is 0 Å². The molecule has 2 N–H and O–H groups in total. The molecule has 4 rings (SSSR count). The molecule has 0 radical (unpaired) electrons. The number of carbonyl (C=O) groups excluding carboxylic acids is 2. The van der Waals surface area contributed by atoms with E-state index >= 15 is 0 Å². The topological polar surface area (TPSA) is 95.9 Å². The second kappa shape index (κ2) is 10.8. The van der Waals surface area contributed by atoms with Gasteiger partial charge in [0.05, 0.1) is 5.92 Å². The summed E-state index contributed by atoms with van der Waals surface area (Å²) < 4.78 is 5.61. The Morgan fingerprint density at radius 2 is 1.69 bits per heavy atom. The van der Waals surface area contributed by atoms with Crippen molar-refractivity contribution in [3.8, 4) is 11.1 Å². The summed E-state index contributed by atoms with van der Waals surface area (Å²) in [6, 6.07) is 16.3. The maximum absolute atomic E-state index is 13.1. The fourth-order valence-electron chi connectivity index (χ4n) is 5.02. The van der Waals surface area contributed by atoms with E-state index in [0.717, 1.165) is 11.1 Å². The van der Waals surface area contributed by atoms with Gasteiger partial charge in [0, 0.05) is 31.1 Å². The first-order chi connectivity index (χ1) is 16.8. The summed E-state index contributed by atoms with van der Waals surface area (Å²) in [5.41, 5.74) is 4.97. The van der Waals surface area contributed by atoms with Crippen LogP contribution in [0.1, 0.15) is 43.7 Å². The van der Waals surface area contributed by atoms with Crippen molar-refractivity contribution in [2.75, 3.05) is 26.2 Å². The van der Waals surface area contributed by atoms with Gasteiger partial charge >= 0.3 is 12.1 Å². The molecule has 0 saturated carbocycles. The third-order valence-corrected chi connectivity index (χ3v) is 6.74. The van der Waals surface area contributed by atoms with Crippen molar-refractivity contribution in [2.24, 2.45) is 11.8 Å². The maximum atomic E-state index is 13.1. The highest BCUT2D eigenvalue weighted by molar-refractivity contribution is 5.88. The van der Waals surface area contributed by atoms with Crippen molar-refractivity contribution in [2.45, 2.75) is 32.6 Å². The average molecular weight is 477 g/mol. The van der Waals surface area contributed by atoms with E-state index in [2.05, 4.69) is 29.6 Å². The van der Waals surface area contributed by atoms with Crippen molar-refractivity contribution in [1.82, 2.24) is 10.2 Å². The Morgan fingerprint density at radius 1 is 1.06 bits per heavy atom. The average Bonchev–Trinajstić information content (AvgIpc) is 3.18. The van der Waals surface area contributed by atoms with Crippen LogP contribution in [0.2, 0.25) is 0 Å². The van der Waals surface area contributed by atoms with Gasteiger partial charge in [-0.05, 0) is 41.0 Å². The molecule has 1 aliphatic carbocycles. The largest absolute Gasteiger partial charge is 0.478 e. The molecule has 35 heavy (non-hydrogen) atoms. The molecule has 184 valence electrons. The van der Waals surface area contributed by atoms with E-state index in [4.69, 9.17) is 9.84 Å². The summed E-state index contributed by atoms with van der Waals surface area (Å²) in [7, 11) is 0. The summed E-state index contributed by atoms with van der Waals surface area (Å²) in [5.74, 6) is -1.16.